The van der Waals surface area contributed by atoms with Crippen LogP contribution in [0.2, 0.25) is 0 Å². The van der Waals surface area contributed by atoms with Gasteiger partial charge in [-0.15, -0.1) is 0 Å². The summed E-state index contributed by atoms with van der Waals surface area (Å²) >= 11 is 0. The zero-order chi connectivity index (χ0) is 9.73. The first-order chi connectivity index (χ1) is 6.14. The van der Waals surface area contributed by atoms with Crippen LogP contribution in [0.3, 0.4) is 0 Å². The van der Waals surface area contributed by atoms with Crippen molar-refractivity contribution in [1.82, 2.24) is 5.32 Å². The molecule has 0 aromatic carbocycles. The summed E-state index contributed by atoms with van der Waals surface area (Å²) in [5, 5.41) is 12.7. The topological polar surface area (TPSA) is 32.3 Å². The molecule has 0 atom stereocenters. The van der Waals surface area contributed by atoms with Gasteiger partial charge in [-0.3, -0.25) is 0 Å². The molecule has 1 saturated carbocycles. The van der Waals surface area contributed by atoms with Crippen LogP contribution in [0, 0.1) is 0 Å². The molecule has 78 valence electrons. The van der Waals surface area contributed by atoms with Gasteiger partial charge >= 0.3 is 0 Å². The standard InChI is InChI=1S/C11H23NO/c1-11(2,9-13)12-10-7-5-3-4-6-8-10/h10,12-13H,3-9H2,1-2H3. The monoisotopic (exact) mass is 185 g/mol. The third kappa shape index (κ3) is 4.10. The lowest BCUT2D eigenvalue weighted by Gasteiger charge is -2.29. The van der Waals surface area contributed by atoms with Crippen LogP contribution in [0.5, 0.6) is 0 Å². The van der Waals surface area contributed by atoms with Gasteiger partial charge in [0.05, 0.1) is 6.61 Å². The van der Waals surface area contributed by atoms with E-state index < -0.39 is 0 Å². The quantitative estimate of drug-likeness (QED) is 0.660. The van der Waals surface area contributed by atoms with Crippen molar-refractivity contribution >= 4 is 0 Å². The predicted octanol–water partition coefficient (Wildman–Crippen LogP) is 2.07. The number of rotatable bonds is 3. The average Bonchev–Trinajstić information content (AvgIpc) is 2.32. The van der Waals surface area contributed by atoms with Crippen LogP contribution < -0.4 is 5.32 Å². The van der Waals surface area contributed by atoms with Gasteiger partial charge in [0.2, 0.25) is 0 Å². The molecule has 0 heterocycles. The summed E-state index contributed by atoms with van der Waals surface area (Å²) in [6.07, 6.45) is 8.03. The maximum absolute atomic E-state index is 9.13. The molecule has 0 unspecified atom stereocenters. The van der Waals surface area contributed by atoms with E-state index in [0.717, 1.165) is 0 Å². The molecule has 0 aromatic heterocycles. The molecule has 0 aliphatic heterocycles. The van der Waals surface area contributed by atoms with Crippen LogP contribution in [-0.4, -0.2) is 23.3 Å². The SMILES string of the molecule is CC(C)(CO)NC1CCCCCC1. The first-order valence-corrected chi connectivity index (χ1v) is 5.52. The van der Waals surface area contributed by atoms with Crippen molar-refractivity contribution in [3.05, 3.63) is 0 Å². The highest BCUT2D eigenvalue weighted by atomic mass is 16.3. The van der Waals surface area contributed by atoms with Crippen molar-refractivity contribution in [2.24, 2.45) is 0 Å². The van der Waals surface area contributed by atoms with E-state index in [2.05, 4.69) is 19.2 Å². The highest BCUT2D eigenvalue weighted by molar-refractivity contribution is 4.82. The van der Waals surface area contributed by atoms with Gasteiger partial charge in [0.25, 0.3) is 0 Å². The molecule has 0 amide bonds. The Bertz CT molecular complexity index is 137. The van der Waals surface area contributed by atoms with Crippen LogP contribution in [-0.2, 0) is 0 Å². The minimum Gasteiger partial charge on any atom is -0.394 e. The summed E-state index contributed by atoms with van der Waals surface area (Å²) < 4.78 is 0. The molecule has 2 heteroatoms. The van der Waals surface area contributed by atoms with E-state index in [4.69, 9.17) is 5.11 Å². The van der Waals surface area contributed by atoms with Crippen LogP contribution in [0.25, 0.3) is 0 Å². The van der Waals surface area contributed by atoms with E-state index in [1.165, 1.54) is 38.5 Å². The summed E-state index contributed by atoms with van der Waals surface area (Å²) in [4.78, 5) is 0. The summed E-state index contributed by atoms with van der Waals surface area (Å²) in [6.45, 7) is 4.36. The second kappa shape index (κ2) is 4.97. The predicted molar refractivity (Wildman–Crippen MR) is 55.8 cm³/mol. The van der Waals surface area contributed by atoms with E-state index in [1.54, 1.807) is 0 Å². The normalized spacial score (nSPS) is 21.5. The zero-order valence-electron chi connectivity index (χ0n) is 8.97. The minimum absolute atomic E-state index is 0.102. The lowest BCUT2D eigenvalue weighted by molar-refractivity contribution is 0.171. The number of hydrogen-bond acceptors (Lipinski definition) is 2. The molecule has 2 nitrogen and oxygen atoms in total. The van der Waals surface area contributed by atoms with E-state index >= 15 is 0 Å². The molecule has 0 aromatic rings. The smallest absolute Gasteiger partial charge is 0.0607 e. The Kier molecular flexibility index (Phi) is 4.20. The second-order valence-corrected chi connectivity index (χ2v) is 4.87. The Labute approximate surface area is 81.7 Å². The van der Waals surface area contributed by atoms with Crippen LogP contribution >= 0.6 is 0 Å². The fourth-order valence-corrected chi connectivity index (χ4v) is 2.02. The molecule has 2 N–H and O–H groups in total. The fraction of sp³-hybridized carbons (Fsp3) is 1.00. The molecule has 0 saturated heterocycles. The van der Waals surface area contributed by atoms with Gasteiger partial charge < -0.3 is 10.4 Å². The first kappa shape index (κ1) is 11.0. The number of aliphatic hydroxyl groups excluding tert-OH is 1. The second-order valence-electron chi connectivity index (χ2n) is 4.87. The van der Waals surface area contributed by atoms with Crippen molar-refractivity contribution in [1.29, 1.82) is 0 Å². The zero-order valence-corrected chi connectivity index (χ0v) is 8.97. The van der Waals surface area contributed by atoms with Crippen molar-refractivity contribution < 1.29 is 5.11 Å². The fourth-order valence-electron chi connectivity index (χ4n) is 2.02. The van der Waals surface area contributed by atoms with Gasteiger partial charge in [0, 0.05) is 11.6 Å². The highest BCUT2D eigenvalue weighted by Gasteiger charge is 2.21. The summed E-state index contributed by atoms with van der Waals surface area (Å²) in [7, 11) is 0. The molecule has 1 aliphatic carbocycles. The van der Waals surface area contributed by atoms with E-state index in [0.29, 0.717) is 6.04 Å². The molecular weight excluding hydrogens is 162 g/mol. The maximum atomic E-state index is 9.13. The number of nitrogens with one attached hydrogen (secondary N) is 1. The average molecular weight is 185 g/mol. The highest BCUT2D eigenvalue weighted by Crippen LogP contribution is 2.19. The first-order valence-electron chi connectivity index (χ1n) is 5.52. The Morgan fingerprint density at radius 2 is 1.69 bits per heavy atom. The van der Waals surface area contributed by atoms with Crippen LogP contribution in [0.15, 0.2) is 0 Å². The van der Waals surface area contributed by atoms with E-state index in [-0.39, 0.29) is 12.1 Å². The summed E-state index contributed by atoms with van der Waals surface area (Å²) in [5.74, 6) is 0. The van der Waals surface area contributed by atoms with Gasteiger partial charge in [-0.25, -0.2) is 0 Å². The van der Waals surface area contributed by atoms with Crippen molar-refractivity contribution in [2.75, 3.05) is 6.61 Å². The molecule has 0 spiro atoms. The largest absolute Gasteiger partial charge is 0.394 e. The molecular formula is C11H23NO. The van der Waals surface area contributed by atoms with Gasteiger partial charge in [0.1, 0.15) is 0 Å². The van der Waals surface area contributed by atoms with Crippen molar-refractivity contribution in [3.63, 3.8) is 0 Å². The molecule has 0 bridgehead atoms. The van der Waals surface area contributed by atoms with E-state index in [9.17, 15) is 0 Å². The third-order valence-corrected chi connectivity index (χ3v) is 2.85. The van der Waals surface area contributed by atoms with Crippen molar-refractivity contribution in [3.8, 4) is 0 Å². The Morgan fingerprint density at radius 3 is 2.15 bits per heavy atom. The Morgan fingerprint density at radius 1 is 1.15 bits per heavy atom. The van der Waals surface area contributed by atoms with Gasteiger partial charge in [-0.2, -0.15) is 0 Å². The molecule has 13 heavy (non-hydrogen) atoms. The minimum atomic E-state index is -0.102. The summed E-state index contributed by atoms with van der Waals surface area (Å²) in [5.41, 5.74) is -0.102. The molecule has 1 fully saturated rings. The van der Waals surface area contributed by atoms with Gasteiger partial charge in [0.15, 0.2) is 0 Å². The van der Waals surface area contributed by atoms with Gasteiger partial charge in [-0.1, -0.05) is 25.7 Å². The number of aliphatic hydroxyl groups is 1. The maximum Gasteiger partial charge on any atom is 0.0607 e. The number of hydrogen-bond donors (Lipinski definition) is 2. The Balaban J connectivity index is 2.33. The lowest BCUT2D eigenvalue weighted by Crippen LogP contribution is -2.48. The van der Waals surface area contributed by atoms with Crippen LogP contribution in [0.4, 0.5) is 0 Å². The van der Waals surface area contributed by atoms with E-state index in [1.807, 2.05) is 0 Å². The van der Waals surface area contributed by atoms with Gasteiger partial charge in [-0.05, 0) is 26.7 Å². The summed E-state index contributed by atoms with van der Waals surface area (Å²) in [6, 6.07) is 0.629. The van der Waals surface area contributed by atoms with Crippen molar-refractivity contribution in [2.45, 2.75) is 64.0 Å². The lowest BCUT2D eigenvalue weighted by atomic mass is 10.0. The van der Waals surface area contributed by atoms with Crippen LogP contribution in [0.1, 0.15) is 52.4 Å². The third-order valence-electron chi connectivity index (χ3n) is 2.85. The Hall–Kier alpha value is -0.0800. The molecule has 0 radical (unpaired) electrons. The molecule has 1 rings (SSSR count). The molecule has 1 aliphatic rings.